The maximum atomic E-state index is 12.9. The number of amides is 1. The van der Waals surface area contributed by atoms with Gasteiger partial charge in [-0.05, 0) is 37.1 Å². The zero-order chi connectivity index (χ0) is 17.8. The van der Waals surface area contributed by atoms with Crippen molar-refractivity contribution in [2.45, 2.75) is 16.2 Å². The number of hydrogen-bond acceptors (Lipinski definition) is 5. The van der Waals surface area contributed by atoms with E-state index >= 15 is 0 Å². The first kappa shape index (κ1) is 20.2. The van der Waals surface area contributed by atoms with E-state index in [2.05, 4.69) is 0 Å². The standard InChI is InChI=1S/C18H19N3O3S.ClH/c19-11-13-8-9-20(12-13)18(22)16-10-14(21(23)24)6-7-17(16)25-15-4-2-1-3-5-15;/h1-7,10,13H,8-9,11-12,19H2;1H. The molecule has 2 aromatic rings. The lowest BCUT2D eigenvalue weighted by molar-refractivity contribution is -0.384. The highest BCUT2D eigenvalue weighted by molar-refractivity contribution is 7.99. The molecule has 1 aliphatic heterocycles. The van der Waals surface area contributed by atoms with Gasteiger partial charge in [-0.2, -0.15) is 0 Å². The molecular weight excluding hydrogens is 374 g/mol. The van der Waals surface area contributed by atoms with Crippen molar-refractivity contribution >= 4 is 35.8 Å². The van der Waals surface area contributed by atoms with Crippen molar-refractivity contribution in [1.82, 2.24) is 4.90 Å². The molecule has 8 heteroatoms. The Kier molecular flexibility index (Phi) is 7.02. The number of likely N-dealkylation sites (tertiary alicyclic amines) is 1. The van der Waals surface area contributed by atoms with Crippen molar-refractivity contribution < 1.29 is 9.72 Å². The molecule has 1 fully saturated rings. The Morgan fingerprint density at radius 1 is 1.27 bits per heavy atom. The van der Waals surface area contributed by atoms with Crippen molar-refractivity contribution in [3.05, 3.63) is 64.2 Å². The van der Waals surface area contributed by atoms with Crippen LogP contribution in [0.3, 0.4) is 0 Å². The second-order valence-electron chi connectivity index (χ2n) is 5.99. The summed E-state index contributed by atoms with van der Waals surface area (Å²) in [5.74, 6) is 0.131. The van der Waals surface area contributed by atoms with Gasteiger partial charge in [-0.1, -0.05) is 30.0 Å². The van der Waals surface area contributed by atoms with Crippen LogP contribution in [0.15, 0.2) is 58.3 Å². The molecule has 6 nitrogen and oxygen atoms in total. The number of non-ortho nitro benzene ring substituents is 1. The number of nitro benzene ring substituents is 1. The SMILES string of the molecule is Cl.NCC1CCN(C(=O)c2cc([N+](=O)[O-])ccc2Sc2ccccc2)C1. The molecule has 1 aliphatic rings. The molecule has 0 saturated carbocycles. The summed E-state index contributed by atoms with van der Waals surface area (Å²) in [6.45, 7) is 1.79. The predicted octanol–water partition coefficient (Wildman–Crippen LogP) is 3.59. The summed E-state index contributed by atoms with van der Waals surface area (Å²) >= 11 is 1.43. The predicted molar refractivity (Wildman–Crippen MR) is 104 cm³/mol. The molecule has 26 heavy (non-hydrogen) atoms. The van der Waals surface area contributed by atoms with Crippen LogP contribution < -0.4 is 5.73 Å². The summed E-state index contributed by atoms with van der Waals surface area (Å²) in [5.41, 5.74) is 6.00. The lowest BCUT2D eigenvalue weighted by Crippen LogP contribution is -2.30. The number of nitrogens with two attached hydrogens (primary N) is 1. The third-order valence-corrected chi connectivity index (χ3v) is 5.37. The maximum Gasteiger partial charge on any atom is 0.270 e. The number of nitro groups is 1. The fourth-order valence-electron chi connectivity index (χ4n) is 2.88. The van der Waals surface area contributed by atoms with Crippen LogP contribution in [0.25, 0.3) is 0 Å². The topological polar surface area (TPSA) is 89.5 Å². The fourth-order valence-corrected chi connectivity index (χ4v) is 3.82. The van der Waals surface area contributed by atoms with E-state index in [0.29, 0.717) is 31.1 Å². The number of carbonyl (C=O) groups is 1. The zero-order valence-corrected chi connectivity index (χ0v) is 15.7. The summed E-state index contributed by atoms with van der Waals surface area (Å²) in [7, 11) is 0. The first-order valence-electron chi connectivity index (χ1n) is 8.09. The minimum absolute atomic E-state index is 0. The fraction of sp³-hybridized carbons (Fsp3) is 0.278. The van der Waals surface area contributed by atoms with Gasteiger partial charge < -0.3 is 10.6 Å². The Bertz CT molecular complexity index is 789. The van der Waals surface area contributed by atoms with Gasteiger partial charge in [-0.15, -0.1) is 12.4 Å². The van der Waals surface area contributed by atoms with Gasteiger partial charge in [0, 0.05) is 35.0 Å². The molecule has 1 atom stereocenters. The second kappa shape index (κ2) is 9.02. The molecular formula is C18H20ClN3O3S. The summed E-state index contributed by atoms with van der Waals surface area (Å²) in [6, 6.07) is 14.1. The van der Waals surface area contributed by atoms with Crippen LogP contribution in [-0.4, -0.2) is 35.4 Å². The van der Waals surface area contributed by atoms with Gasteiger partial charge in [0.25, 0.3) is 11.6 Å². The highest BCUT2D eigenvalue weighted by atomic mass is 35.5. The van der Waals surface area contributed by atoms with E-state index in [9.17, 15) is 14.9 Å². The van der Waals surface area contributed by atoms with Crippen LogP contribution >= 0.6 is 24.2 Å². The molecule has 138 valence electrons. The van der Waals surface area contributed by atoms with E-state index in [1.165, 1.54) is 23.9 Å². The molecule has 2 aromatic carbocycles. The van der Waals surface area contributed by atoms with Gasteiger partial charge in [0.05, 0.1) is 10.5 Å². The van der Waals surface area contributed by atoms with Crippen LogP contribution in [0, 0.1) is 16.0 Å². The molecule has 0 radical (unpaired) electrons. The number of benzene rings is 2. The number of halogens is 1. The molecule has 0 spiro atoms. The van der Waals surface area contributed by atoms with Crippen molar-refractivity contribution in [3.8, 4) is 0 Å². The van der Waals surface area contributed by atoms with Gasteiger partial charge in [-0.25, -0.2) is 0 Å². The number of rotatable bonds is 5. The van der Waals surface area contributed by atoms with Crippen LogP contribution in [0.1, 0.15) is 16.8 Å². The lowest BCUT2D eigenvalue weighted by atomic mass is 10.1. The number of nitrogens with zero attached hydrogens (tertiary/aromatic N) is 2. The third-order valence-electron chi connectivity index (χ3n) is 4.28. The van der Waals surface area contributed by atoms with Crippen LogP contribution in [0.5, 0.6) is 0 Å². The lowest BCUT2D eigenvalue weighted by Gasteiger charge is -2.18. The van der Waals surface area contributed by atoms with E-state index in [-0.39, 0.29) is 24.0 Å². The minimum atomic E-state index is -0.472. The first-order chi connectivity index (χ1) is 12.1. The van der Waals surface area contributed by atoms with Gasteiger partial charge in [0.2, 0.25) is 0 Å². The summed E-state index contributed by atoms with van der Waals surface area (Å²) in [4.78, 5) is 27.0. The summed E-state index contributed by atoms with van der Waals surface area (Å²) in [6.07, 6.45) is 0.873. The van der Waals surface area contributed by atoms with Crippen LogP contribution in [0.4, 0.5) is 5.69 Å². The van der Waals surface area contributed by atoms with Crippen molar-refractivity contribution in [2.24, 2.45) is 11.7 Å². The molecule has 2 N–H and O–H groups in total. The Hall–Kier alpha value is -2.09. The molecule has 0 bridgehead atoms. The van der Waals surface area contributed by atoms with E-state index < -0.39 is 4.92 Å². The molecule has 0 aromatic heterocycles. The molecule has 1 unspecified atom stereocenters. The third kappa shape index (κ3) is 4.55. The average Bonchev–Trinajstić information content (AvgIpc) is 3.11. The second-order valence-corrected chi connectivity index (χ2v) is 7.11. The minimum Gasteiger partial charge on any atom is -0.338 e. The van der Waals surface area contributed by atoms with E-state index in [0.717, 1.165) is 16.2 Å². The van der Waals surface area contributed by atoms with Gasteiger partial charge in [0.15, 0.2) is 0 Å². The molecule has 1 heterocycles. The highest BCUT2D eigenvalue weighted by Crippen LogP contribution is 2.33. The maximum absolute atomic E-state index is 12.9. The smallest absolute Gasteiger partial charge is 0.270 e. The monoisotopic (exact) mass is 393 g/mol. The van der Waals surface area contributed by atoms with Crippen LogP contribution in [0.2, 0.25) is 0 Å². The highest BCUT2D eigenvalue weighted by Gasteiger charge is 2.28. The quantitative estimate of drug-likeness (QED) is 0.619. The Labute approximate surface area is 162 Å². The molecule has 3 rings (SSSR count). The molecule has 0 aliphatic carbocycles. The van der Waals surface area contributed by atoms with E-state index in [4.69, 9.17) is 5.73 Å². The first-order valence-corrected chi connectivity index (χ1v) is 8.91. The number of hydrogen-bond donors (Lipinski definition) is 1. The van der Waals surface area contributed by atoms with Crippen molar-refractivity contribution in [3.63, 3.8) is 0 Å². The Balaban J connectivity index is 0.00000243. The Morgan fingerprint density at radius 2 is 2.00 bits per heavy atom. The Morgan fingerprint density at radius 3 is 2.62 bits per heavy atom. The zero-order valence-electron chi connectivity index (χ0n) is 14.0. The van der Waals surface area contributed by atoms with Gasteiger partial charge >= 0.3 is 0 Å². The van der Waals surface area contributed by atoms with Gasteiger partial charge in [-0.3, -0.25) is 14.9 Å². The molecule has 1 amide bonds. The van der Waals surface area contributed by atoms with E-state index in [1.54, 1.807) is 11.0 Å². The van der Waals surface area contributed by atoms with Crippen molar-refractivity contribution in [1.29, 1.82) is 0 Å². The summed E-state index contributed by atoms with van der Waals surface area (Å²) in [5, 5.41) is 11.1. The summed E-state index contributed by atoms with van der Waals surface area (Å²) < 4.78 is 0. The normalized spacial score (nSPS) is 16.2. The van der Waals surface area contributed by atoms with Crippen LogP contribution in [-0.2, 0) is 0 Å². The van der Waals surface area contributed by atoms with E-state index in [1.807, 2.05) is 30.3 Å². The average molecular weight is 394 g/mol. The largest absolute Gasteiger partial charge is 0.338 e. The number of carbonyl (C=O) groups excluding carboxylic acids is 1. The van der Waals surface area contributed by atoms with Crippen molar-refractivity contribution in [2.75, 3.05) is 19.6 Å². The van der Waals surface area contributed by atoms with Gasteiger partial charge in [0.1, 0.15) is 0 Å². The molecule has 1 saturated heterocycles.